The molecule has 4 fully saturated rings. The number of H-pyrrole nitrogens is 1. The predicted molar refractivity (Wildman–Crippen MR) is 218 cm³/mol. The quantitative estimate of drug-likeness (QED) is 0.210. The Morgan fingerprint density at radius 2 is 1.61 bits per heavy atom. The van der Waals surface area contributed by atoms with Gasteiger partial charge in [-0.3, -0.25) is 34.3 Å². The fourth-order valence-electron chi connectivity index (χ4n) is 9.03. The summed E-state index contributed by atoms with van der Waals surface area (Å²) in [6.45, 7) is 9.59. The van der Waals surface area contributed by atoms with Crippen molar-refractivity contribution in [1.29, 1.82) is 0 Å². The zero-order valence-corrected chi connectivity index (χ0v) is 32.8. The van der Waals surface area contributed by atoms with E-state index in [0.29, 0.717) is 52.6 Å². The molecule has 6 heterocycles. The SMILES string of the molecule is O=C1CCC(N2C(=O)c3cccc4c(N5CCN(CCN6CCC(COc7cc(F)c8c(=O)[nH]c(CSC9CCOCC9)nc8c7)CC6)CC5)ccc2c34)C(=O)N1. The van der Waals surface area contributed by atoms with Gasteiger partial charge in [0.25, 0.3) is 11.5 Å². The molecule has 1 aromatic heterocycles. The molecule has 0 radical (unpaired) electrons. The Balaban J connectivity index is 0.744. The lowest BCUT2D eigenvalue weighted by molar-refractivity contribution is -0.134. The molecule has 0 saturated carbocycles. The highest BCUT2D eigenvalue weighted by Gasteiger charge is 2.41. The molecule has 13 nitrogen and oxygen atoms in total. The number of aromatic amines is 1. The summed E-state index contributed by atoms with van der Waals surface area (Å²) in [4.78, 5) is 67.2. The van der Waals surface area contributed by atoms with Gasteiger partial charge in [0.15, 0.2) is 0 Å². The second kappa shape index (κ2) is 16.4. The normalized spacial score (nSPS) is 21.6. The summed E-state index contributed by atoms with van der Waals surface area (Å²) in [7, 11) is 0. The number of anilines is 2. The third-order valence-electron chi connectivity index (χ3n) is 12.3. The van der Waals surface area contributed by atoms with E-state index in [-0.39, 0.29) is 23.6 Å². The van der Waals surface area contributed by atoms with Crippen molar-refractivity contribution < 1.29 is 28.2 Å². The largest absolute Gasteiger partial charge is 0.493 e. The van der Waals surface area contributed by atoms with Crippen LogP contribution < -0.4 is 25.4 Å². The van der Waals surface area contributed by atoms with Crippen molar-refractivity contribution in [3.63, 3.8) is 0 Å². The summed E-state index contributed by atoms with van der Waals surface area (Å²) < 4.78 is 26.6. The van der Waals surface area contributed by atoms with Crippen LogP contribution in [0.25, 0.3) is 21.7 Å². The van der Waals surface area contributed by atoms with Gasteiger partial charge in [0, 0.05) is 98.3 Å². The van der Waals surface area contributed by atoms with Gasteiger partial charge in [-0.05, 0) is 69.3 Å². The van der Waals surface area contributed by atoms with Gasteiger partial charge in [0.1, 0.15) is 28.8 Å². The molecule has 5 aliphatic heterocycles. The third-order valence-corrected chi connectivity index (χ3v) is 13.7. The summed E-state index contributed by atoms with van der Waals surface area (Å²) in [5.74, 6) is 0.358. The van der Waals surface area contributed by atoms with Crippen molar-refractivity contribution in [2.45, 2.75) is 55.6 Å². The number of hydrogen-bond donors (Lipinski definition) is 2. The van der Waals surface area contributed by atoms with E-state index < -0.39 is 23.3 Å². The first kappa shape index (κ1) is 38.0. The molecule has 300 valence electrons. The van der Waals surface area contributed by atoms with E-state index in [0.717, 1.165) is 113 Å². The molecule has 57 heavy (non-hydrogen) atoms. The highest BCUT2D eigenvalue weighted by atomic mass is 32.2. The van der Waals surface area contributed by atoms with Crippen LogP contribution in [0.4, 0.5) is 15.8 Å². The minimum atomic E-state index is -0.696. The van der Waals surface area contributed by atoms with Gasteiger partial charge < -0.3 is 24.3 Å². The minimum Gasteiger partial charge on any atom is -0.493 e. The number of nitrogens with one attached hydrogen (secondary N) is 2. The topological polar surface area (TPSA) is 140 Å². The number of thioether (sulfide) groups is 1. The monoisotopic (exact) mass is 797 g/mol. The number of ether oxygens (including phenoxy) is 2. The summed E-state index contributed by atoms with van der Waals surface area (Å²) in [5, 5.41) is 4.72. The summed E-state index contributed by atoms with van der Waals surface area (Å²) in [5.41, 5.74) is 2.30. The Hall–Kier alpha value is -4.57. The van der Waals surface area contributed by atoms with E-state index in [1.54, 1.807) is 22.7 Å². The second-order valence-corrected chi connectivity index (χ2v) is 17.1. The van der Waals surface area contributed by atoms with Crippen molar-refractivity contribution in [3.05, 3.63) is 70.0 Å². The molecular formula is C42H48FN7O6S. The molecule has 0 aliphatic carbocycles. The molecule has 4 saturated heterocycles. The highest BCUT2D eigenvalue weighted by Crippen LogP contribution is 2.43. The Morgan fingerprint density at radius 3 is 2.39 bits per heavy atom. The van der Waals surface area contributed by atoms with Crippen LogP contribution in [-0.4, -0.2) is 121 Å². The first-order chi connectivity index (χ1) is 27.8. The summed E-state index contributed by atoms with van der Waals surface area (Å²) >= 11 is 1.75. The number of piperidine rings is 2. The number of carbonyl (C=O) groups is 3. The van der Waals surface area contributed by atoms with E-state index in [1.165, 1.54) is 6.07 Å². The number of amides is 3. The Kier molecular flexibility index (Phi) is 10.9. The van der Waals surface area contributed by atoms with Crippen LogP contribution in [0.5, 0.6) is 5.75 Å². The standard InChI is InChI=1S/C42H48FN7O6S/c43-31-22-27(23-32-39(31)41(53)45-36(44-32)25-57-28-10-20-55-21-11-28)56-24-26-8-12-47(13-9-26)14-15-48-16-18-49(19-17-48)33-4-5-34-38-29(33)2-1-3-30(38)42(54)50(34)35-6-7-37(51)46-40(35)52/h1-5,22-23,26,28,35H,6-21,24-25H2,(H,44,45,53)(H,46,51,52). The second-order valence-electron chi connectivity index (χ2n) is 15.8. The number of rotatable bonds is 11. The van der Waals surface area contributed by atoms with E-state index >= 15 is 4.39 Å². The molecule has 2 N–H and O–H groups in total. The Bertz CT molecular complexity index is 2250. The lowest BCUT2D eigenvalue weighted by Gasteiger charge is -2.38. The maximum atomic E-state index is 15.1. The molecule has 4 aromatic rings. The molecule has 1 unspecified atom stereocenters. The van der Waals surface area contributed by atoms with Crippen LogP contribution in [0.3, 0.4) is 0 Å². The van der Waals surface area contributed by atoms with Gasteiger partial charge in [-0.1, -0.05) is 12.1 Å². The van der Waals surface area contributed by atoms with Gasteiger partial charge >= 0.3 is 0 Å². The summed E-state index contributed by atoms with van der Waals surface area (Å²) in [6.07, 6.45) is 4.50. The zero-order chi connectivity index (χ0) is 39.0. The predicted octanol–water partition coefficient (Wildman–Crippen LogP) is 4.31. The van der Waals surface area contributed by atoms with E-state index in [9.17, 15) is 19.2 Å². The molecule has 9 rings (SSSR count). The average molecular weight is 798 g/mol. The smallest absolute Gasteiger partial charge is 0.261 e. The number of imide groups is 1. The third kappa shape index (κ3) is 7.86. The van der Waals surface area contributed by atoms with Crippen LogP contribution in [-0.2, 0) is 20.1 Å². The fourth-order valence-corrected chi connectivity index (χ4v) is 10.1. The number of halogens is 1. The molecule has 15 heteroatoms. The maximum Gasteiger partial charge on any atom is 0.261 e. The molecule has 5 aliphatic rings. The van der Waals surface area contributed by atoms with E-state index in [1.807, 2.05) is 18.2 Å². The number of carbonyl (C=O) groups excluding carboxylic acids is 3. The van der Waals surface area contributed by atoms with Crippen molar-refractivity contribution in [3.8, 4) is 5.75 Å². The summed E-state index contributed by atoms with van der Waals surface area (Å²) in [6, 6.07) is 12.1. The van der Waals surface area contributed by atoms with Crippen LogP contribution >= 0.6 is 11.8 Å². The highest BCUT2D eigenvalue weighted by molar-refractivity contribution is 7.99. The molecule has 1 atom stereocenters. The molecule has 3 amide bonds. The van der Waals surface area contributed by atoms with E-state index in [4.69, 9.17) is 9.47 Å². The lowest BCUT2D eigenvalue weighted by Crippen LogP contribution is -2.53. The Labute approximate surface area is 334 Å². The number of likely N-dealkylation sites (tertiary alicyclic amines) is 1. The number of piperazine rings is 1. The minimum absolute atomic E-state index is 0.0316. The van der Waals surface area contributed by atoms with Gasteiger partial charge in [0.2, 0.25) is 11.8 Å². The fraction of sp³-hybridized carbons (Fsp3) is 0.500. The van der Waals surface area contributed by atoms with Gasteiger partial charge in [0.05, 0.1) is 23.6 Å². The Morgan fingerprint density at radius 1 is 0.860 bits per heavy atom. The molecule has 3 aromatic carbocycles. The maximum absolute atomic E-state index is 15.1. The van der Waals surface area contributed by atoms with Crippen molar-refractivity contribution in [2.24, 2.45) is 5.92 Å². The van der Waals surface area contributed by atoms with Crippen molar-refractivity contribution in [1.82, 2.24) is 25.1 Å². The van der Waals surface area contributed by atoms with Gasteiger partial charge in [-0.15, -0.1) is 0 Å². The first-order valence-corrected chi connectivity index (χ1v) is 21.3. The average Bonchev–Trinajstić information content (AvgIpc) is 3.51. The molecule has 0 spiro atoms. The number of fused-ring (bicyclic) bond motifs is 1. The first-order valence-electron chi connectivity index (χ1n) is 20.3. The number of nitrogens with zero attached hydrogens (tertiary/aromatic N) is 5. The van der Waals surface area contributed by atoms with Crippen molar-refractivity contribution >= 4 is 62.5 Å². The number of benzene rings is 3. The van der Waals surface area contributed by atoms with Crippen molar-refractivity contribution in [2.75, 3.05) is 82.0 Å². The van der Waals surface area contributed by atoms with Crippen LogP contribution in [0.1, 0.15) is 54.7 Å². The van der Waals surface area contributed by atoms with Crippen LogP contribution in [0.15, 0.2) is 47.3 Å². The van der Waals surface area contributed by atoms with Gasteiger partial charge in [-0.2, -0.15) is 11.8 Å². The number of aromatic nitrogens is 2. The van der Waals surface area contributed by atoms with E-state index in [2.05, 4.69) is 42.1 Å². The van der Waals surface area contributed by atoms with Crippen LogP contribution in [0.2, 0.25) is 0 Å². The molecular weight excluding hydrogens is 750 g/mol. The van der Waals surface area contributed by atoms with Crippen LogP contribution in [0, 0.1) is 11.7 Å². The molecule has 0 bridgehead atoms. The zero-order valence-electron chi connectivity index (χ0n) is 32.0. The number of hydrogen-bond acceptors (Lipinski definition) is 11. The lowest BCUT2D eigenvalue weighted by atomic mass is 9.98. The van der Waals surface area contributed by atoms with Gasteiger partial charge in [-0.25, -0.2) is 9.37 Å².